The van der Waals surface area contributed by atoms with Gasteiger partial charge in [0.2, 0.25) is 0 Å². The lowest BCUT2D eigenvalue weighted by atomic mass is 10.1. The van der Waals surface area contributed by atoms with Crippen molar-refractivity contribution in [2.24, 2.45) is 4.99 Å². The van der Waals surface area contributed by atoms with Gasteiger partial charge in [0.1, 0.15) is 17.3 Å². The Morgan fingerprint density at radius 3 is 2.70 bits per heavy atom. The van der Waals surface area contributed by atoms with Gasteiger partial charge in [-0.25, -0.2) is 9.38 Å². The molecular weight excluding hydrogens is 301 g/mol. The van der Waals surface area contributed by atoms with Crippen LogP contribution in [0.4, 0.5) is 10.1 Å². The van der Waals surface area contributed by atoms with Crippen LogP contribution in [0.2, 0.25) is 0 Å². The molecule has 1 heterocycles. The maximum Gasteiger partial charge on any atom is 0.275 e. The van der Waals surface area contributed by atoms with E-state index in [2.05, 4.69) is 10.3 Å². The second-order valence-electron chi connectivity index (χ2n) is 4.81. The number of aliphatic imine (C=N–C) groups is 1. The van der Waals surface area contributed by atoms with Gasteiger partial charge in [0.15, 0.2) is 0 Å². The molecule has 23 heavy (non-hydrogen) atoms. The molecule has 0 aliphatic carbocycles. The fraction of sp³-hybridized carbons (Fsp3) is 0. The Bertz CT molecular complexity index is 874. The second kappa shape index (κ2) is 5.80. The van der Waals surface area contributed by atoms with Crippen molar-refractivity contribution in [3.8, 4) is 0 Å². The molecule has 0 atom stereocenters. The standard InChI is InChI=1S/C16H10FN3O3/c17-12-5-2-4-11(9-12)15-18-14(16(21)19-15)8-10-3-1-6-13(7-10)20(22)23/h1-9H,(H,18,19,21). The zero-order chi connectivity index (χ0) is 16.4. The number of non-ortho nitro benzene ring substituents is 1. The predicted molar refractivity (Wildman–Crippen MR) is 82.2 cm³/mol. The zero-order valence-electron chi connectivity index (χ0n) is 11.7. The number of amidine groups is 1. The summed E-state index contributed by atoms with van der Waals surface area (Å²) in [4.78, 5) is 26.3. The summed E-state index contributed by atoms with van der Waals surface area (Å²) in [6, 6.07) is 11.5. The summed E-state index contributed by atoms with van der Waals surface area (Å²) >= 11 is 0. The van der Waals surface area contributed by atoms with E-state index in [1.807, 2.05) is 0 Å². The van der Waals surface area contributed by atoms with Gasteiger partial charge < -0.3 is 5.32 Å². The van der Waals surface area contributed by atoms with E-state index in [9.17, 15) is 19.3 Å². The van der Waals surface area contributed by atoms with E-state index in [4.69, 9.17) is 0 Å². The lowest BCUT2D eigenvalue weighted by Gasteiger charge is -1.99. The minimum Gasteiger partial charge on any atom is -0.305 e. The van der Waals surface area contributed by atoms with Crippen LogP contribution < -0.4 is 5.32 Å². The Labute approximate surface area is 130 Å². The maximum absolute atomic E-state index is 13.2. The van der Waals surface area contributed by atoms with Crippen molar-refractivity contribution in [3.63, 3.8) is 0 Å². The Balaban J connectivity index is 1.95. The number of carbonyl (C=O) groups excluding carboxylic acids is 1. The highest BCUT2D eigenvalue weighted by Crippen LogP contribution is 2.19. The Morgan fingerprint density at radius 2 is 1.96 bits per heavy atom. The largest absolute Gasteiger partial charge is 0.305 e. The smallest absolute Gasteiger partial charge is 0.275 e. The van der Waals surface area contributed by atoms with Crippen LogP contribution in [-0.2, 0) is 4.79 Å². The van der Waals surface area contributed by atoms with Crippen molar-refractivity contribution in [1.82, 2.24) is 5.32 Å². The highest BCUT2D eigenvalue weighted by atomic mass is 19.1. The first-order valence-corrected chi connectivity index (χ1v) is 6.65. The van der Waals surface area contributed by atoms with Crippen molar-refractivity contribution >= 4 is 23.5 Å². The molecule has 2 aromatic rings. The molecule has 0 unspecified atom stereocenters. The van der Waals surface area contributed by atoms with Crippen LogP contribution in [0.1, 0.15) is 11.1 Å². The van der Waals surface area contributed by atoms with Crippen molar-refractivity contribution < 1.29 is 14.1 Å². The molecule has 0 saturated carbocycles. The lowest BCUT2D eigenvalue weighted by Crippen LogP contribution is -2.24. The average Bonchev–Trinajstić information content (AvgIpc) is 2.89. The van der Waals surface area contributed by atoms with Crippen molar-refractivity contribution in [2.45, 2.75) is 0 Å². The van der Waals surface area contributed by atoms with Gasteiger partial charge in [0.05, 0.1) is 4.92 Å². The number of nitro benzene ring substituents is 1. The highest BCUT2D eigenvalue weighted by molar-refractivity contribution is 6.19. The van der Waals surface area contributed by atoms with Crippen molar-refractivity contribution in [1.29, 1.82) is 0 Å². The summed E-state index contributed by atoms with van der Waals surface area (Å²) < 4.78 is 13.2. The van der Waals surface area contributed by atoms with Gasteiger partial charge in [-0.3, -0.25) is 14.9 Å². The molecule has 1 amide bonds. The maximum atomic E-state index is 13.2. The molecule has 0 aromatic heterocycles. The van der Waals surface area contributed by atoms with Gasteiger partial charge in [-0.15, -0.1) is 0 Å². The fourth-order valence-electron chi connectivity index (χ4n) is 2.13. The molecule has 0 saturated heterocycles. The van der Waals surface area contributed by atoms with E-state index in [1.54, 1.807) is 12.1 Å². The van der Waals surface area contributed by atoms with E-state index in [1.165, 1.54) is 42.5 Å². The summed E-state index contributed by atoms with van der Waals surface area (Å²) in [6.07, 6.45) is 1.44. The molecule has 1 N–H and O–H groups in total. The molecule has 6 nitrogen and oxygen atoms in total. The Hall–Kier alpha value is -3.35. The zero-order valence-corrected chi connectivity index (χ0v) is 11.7. The summed E-state index contributed by atoms with van der Waals surface area (Å²) in [7, 11) is 0. The summed E-state index contributed by atoms with van der Waals surface area (Å²) in [5, 5.41) is 13.3. The first kappa shape index (κ1) is 14.6. The van der Waals surface area contributed by atoms with Crippen LogP contribution in [0, 0.1) is 15.9 Å². The van der Waals surface area contributed by atoms with Gasteiger partial charge in [0.25, 0.3) is 11.6 Å². The lowest BCUT2D eigenvalue weighted by molar-refractivity contribution is -0.384. The molecular formula is C16H10FN3O3. The molecule has 0 fully saturated rings. The first-order valence-electron chi connectivity index (χ1n) is 6.65. The first-order chi connectivity index (χ1) is 11.0. The third-order valence-corrected chi connectivity index (χ3v) is 3.18. The second-order valence-corrected chi connectivity index (χ2v) is 4.81. The minimum atomic E-state index is -0.516. The fourth-order valence-corrected chi connectivity index (χ4v) is 2.13. The topological polar surface area (TPSA) is 84.6 Å². The predicted octanol–water partition coefficient (Wildman–Crippen LogP) is 2.65. The van der Waals surface area contributed by atoms with E-state index in [0.717, 1.165) is 0 Å². The molecule has 1 aliphatic rings. The average molecular weight is 311 g/mol. The molecule has 3 rings (SSSR count). The van der Waals surface area contributed by atoms with Gasteiger partial charge in [0, 0.05) is 17.7 Å². The number of hydrogen-bond acceptors (Lipinski definition) is 4. The SMILES string of the molecule is O=C1NC(c2cccc(F)c2)=NC1=Cc1cccc([N+](=O)[O-])c1. The van der Waals surface area contributed by atoms with Crippen LogP contribution in [-0.4, -0.2) is 16.7 Å². The Morgan fingerprint density at radius 1 is 1.17 bits per heavy atom. The van der Waals surface area contributed by atoms with Gasteiger partial charge in [-0.05, 0) is 23.8 Å². The van der Waals surface area contributed by atoms with E-state index < -0.39 is 16.6 Å². The number of amides is 1. The number of carbonyl (C=O) groups is 1. The van der Waals surface area contributed by atoms with E-state index in [-0.39, 0.29) is 17.2 Å². The number of benzene rings is 2. The number of nitro groups is 1. The molecule has 7 heteroatoms. The summed E-state index contributed by atoms with van der Waals surface area (Å²) in [6.45, 7) is 0. The third-order valence-electron chi connectivity index (χ3n) is 3.18. The van der Waals surface area contributed by atoms with Crippen LogP contribution in [0.15, 0.2) is 59.2 Å². The minimum absolute atomic E-state index is 0.0768. The van der Waals surface area contributed by atoms with Gasteiger partial charge >= 0.3 is 0 Å². The quantitative estimate of drug-likeness (QED) is 0.537. The van der Waals surface area contributed by atoms with Crippen LogP contribution in [0.3, 0.4) is 0 Å². The highest BCUT2D eigenvalue weighted by Gasteiger charge is 2.21. The van der Waals surface area contributed by atoms with Crippen LogP contribution in [0.25, 0.3) is 6.08 Å². The monoisotopic (exact) mass is 311 g/mol. The molecule has 114 valence electrons. The number of nitrogens with zero attached hydrogens (tertiary/aromatic N) is 2. The van der Waals surface area contributed by atoms with Crippen LogP contribution in [0.5, 0.6) is 0 Å². The number of halogens is 1. The number of rotatable bonds is 3. The van der Waals surface area contributed by atoms with Crippen LogP contribution >= 0.6 is 0 Å². The van der Waals surface area contributed by atoms with Gasteiger partial charge in [-0.1, -0.05) is 24.3 Å². The third kappa shape index (κ3) is 3.13. The molecule has 0 bridgehead atoms. The van der Waals surface area contributed by atoms with Crippen molar-refractivity contribution in [3.05, 3.63) is 81.3 Å². The number of nitrogens with one attached hydrogen (secondary N) is 1. The van der Waals surface area contributed by atoms with Crippen molar-refractivity contribution in [2.75, 3.05) is 0 Å². The molecule has 2 aromatic carbocycles. The summed E-state index contributed by atoms with van der Waals surface area (Å²) in [5.74, 6) is -0.641. The van der Waals surface area contributed by atoms with Gasteiger partial charge in [-0.2, -0.15) is 0 Å². The van der Waals surface area contributed by atoms with E-state index >= 15 is 0 Å². The number of hydrogen-bond donors (Lipinski definition) is 1. The molecule has 0 radical (unpaired) electrons. The summed E-state index contributed by atoms with van der Waals surface area (Å²) in [5.41, 5.74) is 0.950. The normalized spacial score (nSPS) is 15.4. The molecule has 1 aliphatic heterocycles. The van der Waals surface area contributed by atoms with E-state index in [0.29, 0.717) is 11.1 Å². The Kier molecular flexibility index (Phi) is 3.68. The molecule has 0 spiro atoms.